The predicted molar refractivity (Wildman–Crippen MR) is 204 cm³/mol. The molecule has 18 heteroatoms. The summed E-state index contributed by atoms with van der Waals surface area (Å²) in [6.07, 6.45) is -4.34. The number of alkyl halides is 6. The van der Waals surface area contributed by atoms with Gasteiger partial charge in [0, 0.05) is 59.7 Å². The van der Waals surface area contributed by atoms with Crippen molar-refractivity contribution in [2.75, 3.05) is 6.26 Å². The number of aryl methyl sites for hydroxylation is 1. The van der Waals surface area contributed by atoms with Crippen LogP contribution in [-0.2, 0) is 46.0 Å². The minimum absolute atomic E-state index is 0.0158. The summed E-state index contributed by atoms with van der Waals surface area (Å²) in [6, 6.07) is 8.89. The Morgan fingerprint density at radius 2 is 1.73 bits per heavy atom. The van der Waals surface area contributed by atoms with Crippen LogP contribution in [0.3, 0.4) is 0 Å². The molecule has 8 rings (SSSR count). The number of nitrogens with zero attached hydrogens (tertiary/aromatic N) is 5. The molecule has 5 aromatic rings. The van der Waals surface area contributed by atoms with Crippen molar-refractivity contribution in [3.63, 3.8) is 0 Å². The number of Topliss-reactive ketones (excluding diaryl/α,β-unsaturated/α-hetero) is 1. The van der Waals surface area contributed by atoms with E-state index in [9.17, 15) is 40.5 Å². The third kappa shape index (κ3) is 7.75. The first-order valence-corrected chi connectivity index (χ1v) is 21.0. The molecule has 1 unspecified atom stereocenters. The molecule has 310 valence electrons. The van der Waals surface area contributed by atoms with Gasteiger partial charge in [-0.25, -0.2) is 31.3 Å². The van der Waals surface area contributed by atoms with Gasteiger partial charge in [-0.15, -0.1) is 0 Å². The molecular formula is C41H34ClF8N5O3S. The highest BCUT2D eigenvalue weighted by Crippen LogP contribution is 2.68. The summed E-state index contributed by atoms with van der Waals surface area (Å²) in [6.45, 7) is -0.841. The summed E-state index contributed by atoms with van der Waals surface area (Å²) < 4.78 is 131. The van der Waals surface area contributed by atoms with Crippen molar-refractivity contribution < 1.29 is 49.2 Å². The topological polar surface area (TPSA) is 103 Å². The third-order valence-corrected chi connectivity index (χ3v) is 12.1. The Balaban J connectivity index is 1.27. The molecule has 3 aliphatic rings. The lowest BCUT2D eigenvalue weighted by atomic mass is 9.77. The second-order valence-electron chi connectivity index (χ2n) is 15.9. The largest absolute Gasteiger partial charge is 0.377 e. The van der Waals surface area contributed by atoms with E-state index in [0.717, 1.165) is 12.1 Å². The van der Waals surface area contributed by atoms with Crippen LogP contribution in [0.25, 0.3) is 22.0 Å². The number of pyridine rings is 1. The highest BCUT2D eigenvalue weighted by atomic mass is 35.5. The lowest BCUT2D eigenvalue weighted by Crippen LogP contribution is -2.50. The minimum atomic E-state index is -3.50. The van der Waals surface area contributed by atoms with Gasteiger partial charge in [-0.3, -0.25) is 18.4 Å². The first-order valence-electron chi connectivity index (χ1n) is 18.3. The first kappa shape index (κ1) is 41.0. The van der Waals surface area contributed by atoms with Crippen LogP contribution in [0.4, 0.5) is 35.1 Å². The van der Waals surface area contributed by atoms with E-state index in [0.29, 0.717) is 38.5 Å². The SMILES string of the molecule is C=S(C)(=O)Cc1nn(C)c2c(-c3ccc(C#CC4(O)CC(F)(F)C4)nc3[C@@H](CC(=O)Cn3nc(C(F)F)c4c3C(F)(F)[C@@H]3C[C@H]43)Cc3cc(F)cc(F)c3)ccc(Cl)c12. The normalized spacial score (nSPS) is 21.0. The van der Waals surface area contributed by atoms with Gasteiger partial charge in [0.15, 0.2) is 5.78 Å². The van der Waals surface area contributed by atoms with Crippen LogP contribution in [0.15, 0.2) is 42.5 Å². The summed E-state index contributed by atoms with van der Waals surface area (Å²) in [4.78, 5) is 18.8. The highest BCUT2D eigenvalue weighted by molar-refractivity contribution is 7.98. The molecule has 8 nitrogen and oxygen atoms in total. The van der Waals surface area contributed by atoms with Crippen molar-refractivity contribution in [2.45, 2.75) is 80.1 Å². The van der Waals surface area contributed by atoms with E-state index in [1.54, 1.807) is 25.2 Å². The molecule has 59 heavy (non-hydrogen) atoms. The standard InChI is InChI=1S/C41H34ClF8N5O3S/c1-54-36-27(6-7-30(42)33(36)31(52-54)17-59(2,3)58)26-5-4-24(8-9-39(57)18-40(47,48)19-39)51-34(26)21(10-20-11-22(43)14-23(44)12-20)13-25(56)16-55-37-32(35(53-55)38(45)46)28-15-29(28)41(37,49)50/h4-7,11-12,14,21,28-29,38,57H,2,10,13,15-19H2,1,3H3/t21-,28+,29-,59?/m1/s1. The number of halogens is 9. The van der Waals surface area contributed by atoms with Crippen LogP contribution in [-0.4, -0.2) is 63.3 Å². The Hall–Kier alpha value is -4.79. The van der Waals surface area contributed by atoms with Gasteiger partial charge in [-0.1, -0.05) is 23.6 Å². The Labute approximate surface area is 337 Å². The number of hydrogen-bond donors (Lipinski definition) is 1. The average molecular weight is 864 g/mol. The Morgan fingerprint density at radius 1 is 1.05 bits per heavy atom. The molecule has 3 heterocycles. The van der Waals surface area contributed by atoms with Crippen LogP contribution < -0.4 is 0 Å². The summed E-state index contributed by atoms with van der Waals surface area (Å²) in [5.41, 5.74) is -2.19. The summed E-state index contributed by atoms with van der Waals surface area (Å²) in [5.74, 6) is -3.60. The van der Waals surface area contributed by atoms with Gasteiger partial charge in [-0.05, 0) is 76.0 Å². The number of ketones is 1. The van der Waals surface area contributed by atoms with Crippen molar-refractivity contribution in [3.05, 3.63) is 98.7 Å². The fourth-order valence-corrected chi connectivity index (χ4v) is 9.63. The molecular weight excluding hydrogens is 830 g/mol. The molecule has 1 N–H and O–H groups in total. The molecule has 0 saturated heterocycles. The van der Waals surface area contributed by atoms with Crippen molar-refractivity contribution in [2.24, 2.45) is 13.0 Å². The molecule has 0 spiro atoms. The zero-order valence-electron chi connectivity index (χ0n) is 31.3. The quantitative estimate of drug-likeness (QED) is 0.0816. The number of carbonyl (C=O) groups excluding carboxylic acids is 1. The third-order valence-electron chi connectivity index (χ3n) is 11.0. The molecule has 3 aromatic heterocycles. The average Bonchev–Trinajstić information content (AvgIpc) is 3.65. The Kier molecular flexibility index (Phi) is 9.83. The molecule has 2 fully saturated rings. The minimum Gasteiger partial charge on any atom is -0.377 e. The van der Waals surface area contributed by atoms with Gasteiger partial charge in [0.1, 0.15) is 40.9 Å². The first-order chi connectivity index (χ1) is 27.5. The van der Waals surface area contributed by atoms with Gasteiger partial charge in [-0.2, -0.15) is 19.0 Å². The van der Waals surface area contributed by atoms with Crippen molar-refractivity contribution >= 4 is 43.7 Å². The van der Waals surface area contributed by atoms with Gasteiger partial charge >= 0.3 is 0 Å². The van der Waals surface area contributed by atoms with E-state index < -0.39 is 106 Å². The van der Waals surface area contributed by atoms with E-state index in [1.165, 1.54) is 17.0 Å². The van der Waals surface area contributed by atoms with Crippen LogP contribution in [0.5, 0.6) is 0 Å². The summed E-state index contributed by atoms with van der Waals surface area (Å²) in [7, 11) is -1.01. The van der Waals surface area contributed by atoms with Crippen LogP contribution in [0, 0.1) is 29.4 Å². The van der Waals surface area contributed by atoms with E-state index in [2.05, 4.69) is 27.9 Å². The van der Waals surface area contributed by atoms with E-state index >= 15 is 8.78 Å². The number of aliphatic hydroxyl groups is 1. The van der Waals surface area contributed by atoms with Crippen molar-refractivity contribution in [1.82, 2.24) is 24.5 Å². The van der Waals surface area contributed by atoms with Crippen LogP contribution >= 0.6 is 11.6 Å². The van der Waals surface area contributed by atoms with Crippen LogP contribution in [0.1, 0.15) is 83.5 Å². The number of aromatic nitrogens is 5. The molecule has 2 saturated carbocycles. The molecule has 0 amide bonds. The summed E-state index contributed by atoms with van der Waals surface area (Å²) >= 11 is 6.69. The maximum absolute atomic E-state index is 15.4. The van der Waals surface area contributed by atoms with Gasteiger partial charge in [0.2, 0.25) is 0 Å². The number of benzene rings is 2. The highest BCUT2D eigenvalue weighted by Gasteiger charge is 2.67. The fourth-order valence-electron chi connectivity index (χ4n) is 8.58. The zero-order chi connectivity index (χ0) is 42.6. The molecule has 3 aliphatic carbocycles. The second-order valence-corrected chi connectivity index (χ2v) is 19.0. The van der Waals surface area contributed by atoms with E-state index in [4.69, 9.17) is 16.6 Å². The van der Waals surface area contributed by atoms with Gasteiger partial charge in [0.05, 0.1) is 40.5 Å². The number of hydrogen-bond acceptors (Lipinski definition) is 6. The molecule has 2 aromatic carbocycles. The smallest absolute Gasteiger partial charge is 0.293 e. The predicted octanol–water partition coefficient (Wildman–Crippen LogP) is 8.25. The number of rotatable bonds is 11. The molecule has 0 aliphatic heterocycles. The monoisotopic (exact) mass is 863 g/mol. The lowest BCUT2D eigenvalue weighted by molar-refractivity contribution is -0.176. The number of fused-ring (bicyclic) bond motifs is 4. The van der Waals surface area contributed by atoms with Crippen molar-refractivity contribution in [3.8, 4) is 23.0 Å². The van der Waals surface area contributed by atoms with Crippen LogP contribution in [0.2, 0.25) is 5.02 Å². The molecule has 0 radical (unpaired) electrons. The van der Waals surface area contributed by atoms with Gasteiger partial charge in [0.25, 0.3) is 18.3 Å². The summed E-state index contributed by atoms with van der Waals surface area (Å²) in [5, 5.41) is 19.6. The molecule has 0 bridgehead atoms. The molecule has 4 atom stereocenters. The maximum atomic E-state index is 15.4. The van der Waals surface area contributed by atoms with E-state index in [1.807, 2.05) is 0 Å². The Bertz CT molecular complexity index is 2730. The van der Waals surface area contributed by atoms with Gasteiger partial charge < -0.3 is 5.11 Å². The maximum Gasteiger partial charge on any atom is 0.293 e. The number of carbonyl (C=O) groups is 1. The van der Waals surface area contributed by atoms with E-state index in [-0.39, 0.29) is 46.1 Å². The Morgan fingerprint density at radius 3 is 2.37 bits per heavy atom. The fraction of sp³-hybridized carbons (Fsp3) is 0.390. The van der Waals surface area contributed by atoms with Crippen molar-refractivity contribution in [1.29, 1.82) is 0 Å². The second kappa shape index (κ2) is 14.2. The lowest BCUT2D eigenvalue weighted by Gasteiger charge is -2.39. The zero-order valence-corrected chi connectivity index (χ0v) is 32.9.